The van der Waals surface area contributed by atoms with Crippen LogP contribution in [0.25, 0.3) is 0 Å². The highest BCUT2D eigenvalue weighted by atomic mass is 16.4. The van der Waals surface area contributed by atoms with E-state index in [0.29, 0.717) is 12.1 Å². The Balaban J connectivity index is 2.19. The molecule has 0 spiro atoms. The molecule has 1 aliphatic rings. The summed E-state index contributed by atoms with van der Waals surface area (Å²) in [6.45, 7) is 0.620. The van der Waals surface area contributed by atoms with E-state index in [1.165, 1.54) is 6.20 Å². The van der Waals surface area contributed by atoms with Gasteiger partial charge in [-0.2, -0.15) is 5.10 Å². The molecule has 0 aromatic carbocycles. The number of rotatable bonds is 2. The monoisotopic (exact) mass is 237 g/mol. The Labute approximate surface area is 98.5 Å². The Morgan fingerprint density at radius 3 is 3.06 bits per heavy atom. The summed E-state index contributed by atoms with van der Waals surface area (Å²) in [5.41, 5.74) is 6.09. The second-order valence-electron chi connectivity index (χ2n) is 4.08. The van der Waals surface area contributed by atoms with E-state index in [0.717, 1.165) is 12.8 Å². The van der Waals surface area contributed by atoms with Gasteiger partial charge >= 0.3 is 0 Å². The normalized spacial score (nSPS) is 20.9. The molecule has 7 nitrogen and oxygen atoms in total. The van der Waals surface area contributed by atoms with Crippen molar-refractivity contribution in [2.75, 3.05) is 6.54 Å². The molecule has 2 heterocycles. The van der Waals surface area contributed by atoms with E-state index >= 15 is 0 Å². The number of nitrogens with two attached hydrogens (primary N) is 1. The smallest absolute Gasteiger partial charge is 0.257 e. The number of aromatic nitrogens is 2. The van der Waals surface area contributed by atoms with Crippen molar-refractivity contribution in [2.45, 2.75) is 18.9 Å². The fourth-order valence-electron chi connectivity index (χ4n) is 2.08. The van der Waals surface area contributed by atoms with Gasteiger partial charge in [0, 0.05) is 19.8 Å². The number of hydrogen-bond acceptors (Lipinski definition) is 4. The zero-order chi connectivity index (χ0) is 12.4. The van der Waals surface area contributed by atoms with Crippen LogP contribution in [0.1, 0.15) is 23.2 Å². The second kappa shape index (κ2) is 4.44. The second-order valence-corrected chi connectivity index (χ2v) is 4.08. The van der Waals surface area contributed by atoms with Gasteiger partial charge in [-0.05, 0) is 12.8 Å². The lowest BCUT2D eigenvalue weighted by Gasteiger charge is -2.22. The highest BCUT2D eigenvalue weighted by molar-refractivity contribution is 5.98. The van der Waals surface area contributed by atoms with Crippen molar-refractivity contribution in [3.63, 3.8) is 0 Å². The molecule has 92 valence electrons. The number of carbonyl (C=O) groups is 1. The average Bonchev–Trinajstić information content (AvgIpc) is 2.95. The van der Waals surface area contributed by atoms with Gasteiger partial charge in [0.05, 0.1) is 17.8 Å². The molecular weight excluding hydrogens is 222 g/mol. The van der Waals surface area contributed by atoms with Crippen LogP contribution in [0.2, 0.25) is 0 Å². The number of hydrogen-bond donors (Lipinski definition) is 2. The van der Waals surface area contributed by atoms with Gasteiger partial charge in [0.25, 0.3) is 5.91 Å². The largest absolute Gasteiger partial charge is 0.409 e. The van der Waals surface area contributed by atoms with Crippen molar-refractivity contribution in [3.8, 4) is 0 Å². The summed E-state index contributed by atoms with van der Waals surface area (Å²) in [7, 11) is 1.75. The van der Waals surface area contributed by atoms with Gasteiger partial charge in [-0.3, -0.25) is 9.48 Å². The lowest BCUT2D eigenvalue weighted by Crippen LogP contribution is -2.43. The summed E-state index contributed by atoms with van der Waals surface area (Å²) >= 11 is 0. The van der Waals surface area contributed by atoms with Gasteiger partial charge in [0.1, 0.15) is 0 Å². The molecule has 1 fully saturated rings. The first-order valence-corrected chi connectivity index (χ1v) is 5.40. The summed E-state index contributed by atoms with van der Waals surface area (Å²) in [5, 5.41) is 15.6. The Morgan fingerprint density at radius 2 is 2.47 bits per heavy atom. The summed E-state index contributed by atoms with van der Waals surface area (Å²) in [6.07, 6.45) is 4.75. The Morgan fingerprint density at radius 1 is 1.71 bits per heavy atom. The average molecular weight is 237 g/mol. The minimum atomic E-state index is -0.312. The van der Waals surface area contributed by atoms with Gasteiger partial charge in [-0.25, -0.2) is 0 Å². The van der Waals surface area contributed by atoms with Crippen LogP contribution < -0.4 is 5.73 Å². The molecule has 1 aromatic rings. The third-order valence-electron chi connectivity index (χ3n) is 2.92. The van der Waals surface area contributed by atoms with Gasteiger partial charge in [-0.15, -0.1) is 0 Å². The van der Waals surface area contributed by atoms with Crippen LogP contribution in [0.15, 0.2) is 17.5 Å². The van der Waals surface area contributed by atoms with Crippen LogP contribution in [0, 0.1) is 0 Å². The van der Waals surface area contributed by atoms with Crippen LogP contribution in [0.5, 0.6) is 0 Å². The van der Waals surface area contributed by atoms with Gasteiger partial charge in [0.2, 0.25) is 0 Å². The number of nitrogens with zero attached hydrogens (tertiary/aromatic N) is 4. The third-order valence-corrected chi connectivity index (χ3v) is 2.92. The standard InChI is InChI=1S/C10H15N5O2/c1-14-6-7(5-12-14)10(16)15-4-2-3-8(15)9(11)13-17/h5-6,8,17H,2-4H2,1H3,(H2,11,13). The van der Waals surface area contributed by atoms with Crippen LogP contribution in [-0.4, -0.2) is 44.2 Å². The summed E-state index contributed by atoms with van der Waals surface area (Å²) in [6, 6.07) is -0.312. The molecule has 7 heteroatoms. The quantitative estimate of drug-likeness (QED) is 0.321. The number of aryl methyl sites for hydroxylation is 1. The van der Waals surface area contributed by atoms with Crippen LogP contribution >= 0.6 is 0 Å². The number of amides is 1. The zero-order valence-corrected chi connectivity index (χ0v) is 9.58. The van der Waals surface area contributed by atoms with Gasteiger partial charge < -0.3 is 15.8 Å². The molecule has 0 radical (unpaired) electrons. The molecule has 1 aromatic heterocycles. The van der Waals surface area contributed by atoms with Crippen molar-refractivity contribution in [2.24, 2.45) is 17.9 Å². The van der Waals surface area contributed by atoms with E-state index in [2.05, 4.69) is 10.3 Å². The summed E-state index contributed by atoms with van der Waals surface area (Å²) in [4.78, 5) is 13.8. The summed E-state index contributed by atoms with van der Waals surface area (Å²) < 4.78 is 1.57. The molecular formula is C10H15N5O2. The van der Waals surface area contributed by atoms with Crippen LogP contribution in [-0.2, 0) is 7.05 Å². The van der Waals surface area contributed by atoms with Crippen molar-refractivity contribution in [1.82, 2.24) is 14.7 Å². The molecule has 1 saturated heterocycles. The SMILES string of the molecule is Cn1cc(C(=O)N2CCCC2C(N)=NO)cn1. The Hall–Kier alpha value is -2.05. The first-order valence-electron chi connectivity index (χ1n) is 5.40. The van der Waals surface area contributed by atoms with Crippen molar-refractivity contribution in [3.05, 3.63) is 18.0 Å². The fraction of sp³-hybridized carbons (Fsp3) is 0.500. The predicted octanol–water partition coefficient (Wildman–Crippen LogP) is -0.229. The highest BCUT2D eigenvalue weighted by Gasteiger charge is 2.32. The maximum atomic E-state index is 12.2. The molecule has 1 atom stereocenters. The molecule has 1 amide bonds. The minimum Gasteiger partial charge on any atom is -0.409 e. The van der Waals surface area contributed by atoms with Crippen molar-refractivity contribution >= 4 is 11.7 Å². The van der Waals surface area contributed by atoms with E-state index in [9.17, 15) is 4.79 Å². The van der Waals surface area contributed by atoms with E-state index in [4.69, 9.17) is 10.9 Å². The fourth-order valence-corrected chi connectivity index (χ4v) is 2.08. The number of amidine groups is 1. The number of oxime groups is 1. The lowest BCUT2D eigenvalue weighted by molar-refractivity contribution is 0.0768. The summed E-state index contributed by atoms with van der Waals surface area (Å²) in [5.74, 6) is -0.0491. The molecule has 17 heavy (non-hydrogen) atoms. The highest BCUT2D eigenvalue weighted by Crippen LogP contribution is 2.20. The Kier molecular flexibility index (Phi) is 2.99. The van der Waals surface area contributed by atoms with E-state index in [-0.39, 0.29) is 17.8 Å². The first kappa shape index (κ1) is 11.4. The first-order chi connectivity index (χ1) is 8.13. The van der Waals surface area contributed by atoms with E-state index in [1.807, 2.05) is 0 Å². The minimum absolute atomic E-state index is 0.0831. The van der Waals surface area contributed by atoms with Gasteiger partial charge in [0.15, 0.2) is 5.84 Å². The van der Waals surface area contributed by atoms with Crippen LogP contribution in [0.4, 0.5) is 0 Å². The lowest BCUT2D eigenvalue weighted by atomic mass is 10.2. The number of carbonyl (C=O) groups excluding carboxylic acids is 1. The van der Waals surface area contributed by atoms with Gasteiger partial charge in [-0.1, -0.05) is 5.16 Å². The number of likely N-dealkylation sites (tertiary alicyclic amines) is 1. The van der Waals surface area contributed by atoms with Crippen LogP contribution in [0.3, 0.4) is 0 Å². The Bertz CT molecular complexity index is 453. The zero-order valence-electron chi connectivity index (χ0n) is 9.58. The van der Waals surface area contributed by atoms with E-state index in [1.54, 1.807) is 22.8 Å². The molecule has 1 unspecified atom stereocenters. The topological polar surface area (TPSA) is 96.7 Å². The maximum absolute atomic E-state index is 12.2. The van der Waals surface area contributed by atoms with E-state index < -0.39 is 0 Å². The maximum Gasteiger partial charge on any atom is 0.257 e. The molecule has 0 aliphatic carbocycles. The predicted molar refractivity (Wildman–Crippen MR) is 60.7 cm³/mol. The third kappa shape index (κ3) is 2.08. The molecule has 0 bridgehead atoms. The molecule has 3 N–H and O–H groups in total. The molecule has 0 saturated carbocycles. The van der Waals surface area contributed by atoms with Crippen molar-refractivity contribution < 1.29 is 10.0 Å². The molecule has 2 rings (SSSR count). The van der Waals surface area contributed by atoms with Crippen molar-refractivity contribution in [1.29, 1.82) is 0 Å². The molecule has 1 aliphatic heterocycles.